The van der Waals surface area contributed by atoms with Gasteiger partial charge in [-0.3, -0.25) is 4.79 Å². The van der Waals surface area contributed by atoms with E-state index in [0.29, 0.717) is 18.7 Å². The number of hydrogen-bond donors (Lipinski definition) is 0. The molecule has 1 unspecified atom stereocenters. The monoisotopic (exact) mass is 313 g/mol. The molecule has 1 saturated carbocycles. The summed E-state index contributed by atoms with van der Waals surface area (Å²) in [5.41, 5.74) is 0.0471. The van der Waals surface area contributed by atoms with E-state index in [9.17, 15) is 18.0 Å². The maximum atomic E-state index is 12.6. The van der Waals surface area contributed by atoms with E-state index in [0.717, 1.165) is 37.8 Å². The van der Waals surface area contributed by atoms with Gasteiger partial charge in [-0.1, -0.05) is 12.1 Å². The number of rotatable bonds is 4. The van der Waals surface area contributed by atoms with Crippen LogP contribution in [0.3, 0.4) is 0 Å². The van der Waals surface area contributed by atoms with E-state index in [1.54, 1.807) is 4.90 Å². The van der Waals surface area contributed by atoms with Crippen molar-refractivity contribution >= 4 is 5.91 Å². The van der Waals surface area contributed by atoms with Crippen LogP contribution in [0.2, 0.25) is 0 Å². The van der Waals surface area contributed by atoms with E-state index in [-0.39, 0.29) is 18.1 Å². The Morgan fingerprint density at radius 3 is 2.36 bits per heavy atom. The highest BCUT2D eigenvalue weighted by Gasteiger charge is 2.37. The first-order valence-electron chi connectivity index (χ1n) is 7.53. The van der Waals surface area contributed by atoms with Crippen LogP contribution < -0.4 is 0 Å². The summed E-state index contributed by atoms with van der Waals surface area (Å²) in [5, 5.41) is 0. The third kappa shape index (κ3) is 3.43. The summed E-state index contributed by atoms with van der Waals surface area (Å²) in [4.78, 5) is 14.2. The first-order chi connectivity index (χ1) is 10.4. The third-order valence-electron chi connectivity index (χ3n) is 4.11. The van der Waals surface area contributed by atoms with Crippen molar-refractivity contribution < 1.29 is 22.7 Å². The fourth-order valence-corrected chi connectivity index (χ4v) is 2.73. The molecule has 0 bridgehead atoms. The molecule has 0 spiro atoms. The molecule has 0 radical (unpaired) electrons. The highest BCUT2D eigenvalue weighted by molar-refractivity contribution is 5.81. The summed E-state index contributed by atoms with van der Waals surface area (Å²) in [5.74, 6) is -0.0279. The Bertz CT molecular complexity index is 531. The lowest BCUT2D eigenvalue weighted by molar-refractivity contribution is -0.142. The van der Waals surface area contributed by atoms with Crippen molar-refractivity contribution in [3.05, 3.63) is 35.4 Å². The van der Waals surface area contributed by atoms with Gasteiger partial charge in [0.1, 0.15) is 6.10 Å². The molecular formula is C16H18F3NO2. The summed E-state index contributed by atoms with van der Waals surface area (Å²) in [6, 6.07) is 5.23. The van der Waals surface area contributed by atoms with Gasteiger partial charge < -0.3 is 9.64 Å². The summed E-state index contributed by atoms with van der Waals surface area (Å²) in [6.07, 6.45) is -1.18. The van der Waals surface area contributed by atoms with Crippen LogP contribution in [0.1, 0.15) is 36.8 Å². The second-order valence-corrected chi connectivity index (χ2v) is 5.89. The molecule has 2 aliphatic rings. The molecule has 22 heavy (non-hydrogen) atoms. The molecule has 1 saturated heterocycles. The van der Waals surface area contributed by atoms with Crippen LogP contribution in [-0.2, 0) is 22.3 Å². The van der Waals surface area contributed by atoms with E-state index in [4.69, 9.17) is 4.74 Å². The lowest BCUT2D eigenvalue weighted by Crippen LogP contribution is -2.39. The van der Waals surface area contributed by atoms with Crippen LogP contribution in [0.15, 0.2) is 24.3 Å². The Labute approximate surface area is 127 Å². The minimum absolute atomic E-state index is 0.0279. The molecule has 1 aliphatic carbocycles. The first kappa shape index (κ1) is 15.3. The SMILES string of the molecule is O=C(C1CCCO1)N(Cc1ccc(C(F)(F)F)cc1)C1CC1. The number of nitrogens with zero attached hydrogens (tertiary/aromatic N) is 1. The molecule has 1 amide bonds. The van der Waals surface area contributed by atoms with Crippen LogP contribution in [0, 0.1) is 0 Å². The Balaban J connectivity index is 1.70. The molecular weight excluding hydrogens is 295 g/mol. The van der Waals surface area contributed by atoms with E-state index >= 15 is 0 Å². The molecule has 1 heterocycles. The maximum absolute atomic E-state index is 12.6. The smallest absolute Gasteiger partial charge is 0.368 e. The van der Waals surface area contributed by atoms with Crippen molar-refractivity contribution in [3.8, 4) is 0 Å². The van der Waals surface area contributed by atoms with Crippen LogP contribution in [0.5, 0.6) is 0 Å². The zero-order valence-electron chi connectivity index (χ0n) is 12.1. The van der Waals surface area contributed by atoms with Crippen LogP contribution in [0.25, 0.3) is 0 Å². The molecule has 120 valence electrons. The number of carbonyl (C=O) groups is 1. The summed E-state index contributed by atoms with van der Waals surface area (Å²) in [7, 11) is 0. The average molecular weight is 313 g/mol. The van der Waals surface area contributed by atoms with Gasteiger partial charge in [0, 0.05) is 19.2 Å². The minimum atomic E-state index is -4.33. The normalized spacial score (nSPS) is 21.9. The maximum Gasteiger partial charge on any atom is 0.416 e. The Hall–Kier alpha value is -1.56. The van der Waals surface area contributed by atoms with Crippen molar-refractivity contribution in [1.29, 1.82) is 0 Å². The number of halogens is 3. The van der Waals surface area contributed by atoms with Gasteiger partial charge in [0.2, 0.25) is 0 Å². The van der Waals surface area contributed by atoms with Crippen LogP contribution >= 0.6 is 0 Å². The highest BCUT2D eigenvalue weighted by atomic mass is 19.4. The number of amides is 1. The molecule has 1 aromatic rings. The average Bonchev–Trinajstić information content (AvgIpc) is 3.17. The predicted molar refractivity (Wildman–Crippen MR) is 74.0 cm³/mol. The summed E-state index contributed by atoms with van der Waals surface area (Å²) >= 11 is 0. The summed E-state index contributed by atoms with van der Waals surface area (Å²) in [6.45, 7) is 0.955. The molecule has 3 nitrogen and oxygen atoms in total. The van der Waals surface area contributed by atoms with Gasteiger partial charge in [0.15, 0.2) is 0 Å². The second-order valence-electron chi connectivity index (χ2n) is 5.89. The molecule has 2 fully saturated rings. The minimum Gasteiger partial charge on any atom is -0.368 e. The lowest BCUT2D eigenvalue weighted by Gasteiger charge is -2.25. The topological polar surface area (TPSA) is 29.5 Å². The molecule has 3 rings (SSSR count). The molecule has 0 N–H and O–H groups in total. The molecule has 0 aromatic heterocycles. The fourth-order valence-electron chi connectivity index (χ4n) is 2.73. The van der Waals surface area contributed by atoms with Crippen molar-refractivity contribution in [2.75, 3.05) is 6.61 Å². The molecule has 1 atom stereocenters. The van der Waals surface area contributed by atoms with Gasteiger partial charge in [0.25, 0.3) is 5.91 Å². The molecule has 1 aromatic carbocycles. The number of hydrogen-bond acceptors (Lipinski definition) is 2. The van der Waals surface area contributed by atoms with Crippen molar-refractivity contribution in [2.24, 2.45) is 0 Å². The first-order valence-corrected chi connectivity index (χ1v) is 7.53. The van der Waals surface area contributed by atoms with E-state index < -0.39 is 11.7 Å². The van der Waals surface area contributed by atoms with Gasteiger partial charge in [-0.25, -0.2) is 0 Å². The lowest BCUT2D eigenvalue weighted by atomic mass is 10.1. The van der Waals surface area contributed by atoms with Gasteiger partial charge >= 0.3 is 6.18 Å². The quantitative estimate of drug-likeness (QED) is 0.853. The van der Waals surface area contributed by atoms with Gasteiger partial charge in [-0.2, -0.15) is 13.2 Å². The van der Waals surface area contributed by atoms with Crippen molar-refractivity contribution in [1.82, 2.24) is 4.90 Å². The van der Waals surface area contributed by atoms with E-state index in [1.165, 1.54) is 12.1 Å². The third-order valence-corrected chi connectivity index (χ3v) is 4.11. The van der Waals surface area contributed by atoms with Gasteiger partial charge in [-0.05, 0) is 43.4 Å². The van der Waals surface area contributed by atoms with Gasteiger partial charge in [0.05, 0.1) is 5.56 Å². The van der Waals surface area contributed by atoms with Crippen LogP contribution in [-0.4, -0.2) is 29.6 Å². The fraction of sp³-hybridized carbons (Fsp3) is 0.562. The van der Waals surface area contributed by atoms with Crippen molar-refractivity contribution in [2.45, 2.75) is 50.6 Å². The number of ether oxygens (including phenoxy) is 1. The van der Waals surface area contributed by atoms with Crippen molar-refractivity contribution in [3.63, 3.8) is 0 Å². The summed E-state index contributed by atoms with van der Waals surface area (Å²) < 4.78 is 43.2. The Kier molecular flexibility index (Phi) is 4.12. The molecule has 1 aliphatic heterocycles. The van der Waals surface area contributed by atoms with Gasteiger partial charge in [-0.15, -0.1) is 0 Å². The number of carbonyl (C=O) groups excluding carboxylic acids is 1. The second kappa shape index (κ2) is 5.91. The predicted octanol–water partition coefficient (Wildman–Crippen LogP) is 3.38. The zero-order valence-corrected chi connectivity index (χ0v) is 12.1. The van der Waals surface area contributed by atoms with E-state index in [1.807, 2.05) is 0 Å². The zero-order chi connectivity index (χ0) is 15.7. The Morgan fingerprint density at radius 2 is 1.86 bits per heavy atom. The molecule has 6 heteroatoms. The highest BCUT2D eigenvalue weighted by Crippen LogP contribution is 2.32. The van der Waals surface area contributed by atoms with Crippen LogP contribution in [0.4, 0.5) is 13.2 Å². The van der Waals surface area contributed by atoms with E-state index in [2.05, 4.69) is 0 Å². The number of benzene rings is 1. The number of alkyl halides is 3. The standard InChI is InChI=1S/C16H18F3NO2/c17-16(18,19)12-5-3-11(4-6-12)10-20(13-7-8-13)15(21)14-2-1-9-22-14/h3-6,13-14H,1-2,7-10H2. The largest absolute Gasteiger partial charge is 0.416 e. The Morgan fingerprint density at radius 1 is 1.18 bits per heavy atom.